The van der Waals surface area contributed by atoms with Crippen LogP contribution in [-0.2, 0) is 4.79 Å². The van der Waals surface area contributed by atoms with E-state index in [0.717, 1.165) is 10.5 Å². The average Bonchev–Trinajstić information content (AvgIpc) is 2.88. The van der Waals surface area contributed by atoms with Crippen LogP contribution in [0, 0.1) is 0 Å². The molecule has 37 heavy (non-hydrogen) atoms. The minimum absolute atomic E-state index is 0.245. The van der Waals surface area contributed by atoms with E-state index >= 15 is 0 Å². The lowest BCUT2D eigenvalue weighted by molar-refractivity contribution is -0.115. The van der Waals surface area contributed by atoms with E-state index in [9.17, 15) is 14.4 Å². The minimum Gasteiger partial charge on any atom is -0.366 e. The van der Waals surface area contributed by atoms with Gasteiger partial charge in [-0.2, -0.15) is 0 Å². The van der Waals surface area contributed by atoms with Crippen LogP contribution in [0.5, 0.6) is 0 Å². The fourth-order valence-corrected chi connectivity index (χ4v) is 5.06. The molecule has 4 N–H and O–H groups in total. The summed E-state index contributed by atoms with van der Waals surface area (Å²) in [7, 11) is 0. The smallest absolute Gasteiger partial charge is 0.257 e. The van der Waals surface area contributed by atoms with Crippen molar-refractivity contribution in [1.29, 1.82) is 0 Å². The Kier molecular flexibility index (Phi) is 8.50. The van der Waals surface area contributed by atoms with Gasteiger partial charge in [0.15, 0.2) is 0 Å². The first-order chi connectivity index (χ1) is 17.8. The lowest BCUT2D eigenvalue weighted by Gasteiger charge is -2.18. The fourth-order valence-electron chi connectivity index (χ4n) is 3.48. The summed E-state index contributed by atoms with van der Waals surface area (Å²) in [6.07, 6.45) is 0. The Hall–Kier alpha value is -3.78. The molecule has 0 fully saturated rings. The molecule has 4 aromatic carbocycles. The highest BCUT2D eigenvalue weighted by Crippen LogP contribution is 2.37. The molecule has 9 heteroatoms. The van der Waals surface area contributed by atoms with Gasteiger partial charge in [-0.05, 0) is 66.2 Å². The van der Waals surface area contributed by atoms with Crippen molar-refractivity contribution in [3.63, 3.8) is 0 Å². The summed E-state index contributed by atoms with van der Waals surface area (Å²) in [6.45, 7) is 0. The zero-order valence-electron chi connectivity index (χ0n) is 19.3. The number of thioether (sulfide) groups is 1. The van der Waals surface area contributed by atoms with Crippen LogP contribution in [-0.4, -0.2) is 17.7 Å². The number of nitrogens with one attached hydrogen (secondary N) is 2. The van der Waals surface area contributed by atoms with Crippen LogP contribution in [0.4, 0.5) is 11.4 Å². The Balaban J connectivity index is 1.53. The summed E-state index contributed by atoms with van der Waals surface area (Å²) >= 11 is 13.4. The van der Waals surface area contributed by atoms with Gasteiger partial charge in [-0.25, -0.2) is 0 Å². The van der Waals surface area contributed by atoms with E-state index in [4.69, 9.17) is 28.9 Å². The summed E-state index contributed by atoms with van der Waals surface area (Å²) in [5.74, 6) is -1.16. The standard InChI is InChI=1S/C28H21Cl2N3O3S/c29-19-11-14-23(24(30)15-19)27(35)33-21-7-4-8-22(16-21)37-25(17-5-2-1-3-6-17)28(36)32-20-12-9-18(10-13-20)26(31)34/h1-16,25H,(H2,31,34)(H,32,36)(H,33,35). The van der Waals surface area contributed by atoms with E-state index in [1.165, 1.54) is 17.8 Å². The molecule has 1 unspecified atom stereocenters. The predicted octanol–water partition coefficient (Wildman–Crippen LogP) is 6.82. The summed E-state index contributed by atoms with van der Waals surface area (Å²) in [5, 5.41) is 5.84. The number of halogens is 2. The molecule has 186 valence electrons. The maximum Gasteiger partial charge on any atom is 0.257 e. The number of nitrogens with two attached hydrogens (primary N) is 1. The SMILES string of the molecule is NC(=O)c1ccc(NC(=O)C(Sc2cccc(NC(=O)c3ccc(Cl)cc3Cl)c2)c2ccccc2)cc1. The number of primary amides is 1. The maximum atomic E-state index is 13.3. The van der Waals surface area contributed by atoms with Crippen LogP contribution < -0.4 is 16.4 Å². The Morgan fingerprint density at radius 3 is 2.16 bits per heavy atom. The van der Waals surface area contributed by atoms with Crippen LogP contribution in [0.15, 0.2) is 102 Å². The van der Waals surface area contributed by atoms with Crippen molar-refractivity contribution in [2.75, 3.05) is 10.6 Å². The zero-order valence-corrected chi connectivity index (χ0v) is 21.6. The third-order valence-corrected chi connectivity index (χ3v) is 7.09. The van der Waals surface area contributed by atoms with E-state index in [1.54, 1.807) is 54.6 Å². The molecule has 0 spiro atoms. The van der Waals surface area contributed by atoms with Gasteiger partial charge in [0, 0.05) is 26.9 Å². The van der Waals surface area contributed by atoms with Gasteiger partial charge < -0.3 is 16.4 Å². The van der Waals surface area contributed by atoms with Crippen LogP contribution in [0.1, 0.15) is 31.5 Å². The highest BCUT2D eigenvalue weighted by atomic mass is 35.5. The van der Waals surface area contributed by atoms with E-state index in [2.05, 4.69) is 10.6 Å². The van der Waals surface area contributed by atoms with Gasteiger partial charge >= 0.3 is 0 Å². The first-order valence-corrected chi connectivity index (χ1v) is 12.7. The molecule has 0 aliphatic carbocycles. The first-order valence-electron chi connectivity index (χ1n) is 11.1. The molecule has 6 nitrogen and oxygen atoms in total. The van der Waals surface area contributed by atoms with Gasteiger partial charge in [0.25, 0.3) is 5.91 Å². The summed E-state index contributed by atoms with van der Waals surface area (Å²) in [6, 6.07) is 27.6. The average molecular weight is 550 g/mol. The molecular weight excluding hydrogens is 529 g/mol. The van der Waals surface area contributed by atoms with Crippen LogP contribution in [0.3, 0.4) is 0 Å². The van der Waals surface area contributed by atoms with Crippen molar-refractivity contribution < 1.29 is 14.4 Å². The number of carbonyl (C=O) groups is 3. The molecule has 0 saturated carbocycles. The van der Waals surface area contributed by atoms with Gasteiger partial charge in [0.05, 0.1) is 10.6 Å². The molecular formula is C28H21Cl2N3O3S. The van der Waals surface area contributed by atoms with Crippen LogP contribution in [0.25, 0.3) is 0 Å². The number of benzene rings is 4. The summed E-state index contributed by atoms with van der Waals surface area (Å²) < 4.78 is 0. The van der Waals surface area contributed by atoms with Crippen LogP contribution in [0.2, 0.25) is 10.0 Å². The van der Waals surface area contributed by atoms with E-state index in [1.807, 2.05) is 36.4 Å². The predicted molar refractivity (Wildman–Crippen MR) is 149 cm³/mol. The summed E-state index contributed by atoms with van der Waals surface area (Å²) in [4.78, 5) is 38.2. The molecule has 3 amide bonds. The van der Waals surface area contributed by atoms with E-state index in [0.29, 0.717) is 27.5 Å². The normalized spacial score (nSPS) is 11.4. The molecule has 1 atom stereocenters. The van der Waals surface area contributed by atoms with Gasteiger partial charge in [0.2, 0.25) is 11.8 Å². The van der Waals surface area contributed by atoms with Crippen molar-refractivity contribution in [3.05, 3.63) is 124 Å². The highest BCUT2D eigenvalue weighted by Gasteiger charge is 2.23. The quantitative estimate of drug-likeness (QED) is 0.210. The Bertz CT molecular complexity index is 1450. The lowest BCUT2D eigenvalue weighted by Crippen LogP contribution is -2.19. The summed E-state index contributed by atoms with van der Waals surface area (Å²) in [5.41, 5.74) is 7.84. The molecule has 0 aliphatic heterocycles. The topological polar surface area (TPSA) is 101 Å². The first kappa shape index (κ1) is 26.3. The fraction of sp³-hybridized carbons (Fsp3) is 0.0357. The largest absolute Gasteiger partial charge is 0.366 e. The highest BCUT2D eigenvalue weighted by molar-refractivity contribution is 8.00. The van der Waals surface area contributed by atoms with Crippen molar-refractivity contribution in [2.45, 2.75) is 10.1 Å². The number of rotatable bonds is 8. The van der Waals surface area contributed by atoms with Gasteiger partial charge in [-0.1, -0.05) is 59.6 Å². The third kappa shape index (κ3) is 6.92. The molecule has 0 aromatic heterocycles. The monoisotopic (exact) mass is 549 g/mol. The van der Waals surface area contributed by atoms with Gasteiger partial charge in [0.1, 0.15) is 5.25 Å². The maximum absolute atomic E-state index is 13.3. The number of hydrogen-bond acceptors (Lipinski definition) is 4. The zero-order chi connectivity index (χ0) is 26.4. The van der Waals surface area contributed by atoms with Crippen LogP contribution >= 0.6 is 35.0 Å². The van der Waals surface area contributed by atoms with E-state index in [-0.39, 0.29) is 16.8 Å². The second-order valence-corrected chi connectivity index (χ2v) is 9.97. The van der Waals surface area contributed by atoms with Crippen molar-refractivity contribution in [1.82, 2.24) is 0 Å². The number of carbonyl (C=O) groups excluding carboxylic acids is 3. The van der Waals surface area contributed by atoms with Gasteiger partial charge in [-0.15, -0.1) is 11.8 Å². The molecule has 0 radical (unpaired) electrons. The van der Waals surface area contributed by atoms with Crippen molar-refractivity contribution in [3.8, 4) is 0 Å². The minimum atomic E-state index is -0.589. The molecule has 4 aromatic rings. The Labute approximate surface area is 228 Å². The second-order valence-electron chi connectivity index (χ2n) is 7.95. The van der Waals surface area contributed by atoms with Gasteiger partial charge in [-0.3, -0.25) is 14.4 Å². The number of amides is 3. The number of hydrogen-bond donors (Lipinski definition) is 3. The number of anilines is 2. The molecule has 4 rings (SSSR count). The lowest BCUT2D eigenvalue weighted by atomic mass is 10.1. The molecule has 0 heterocycles. The second kappa shape index (κ2) is 12.0. The molecule has 0 aliphatic rings. The van der Waals surface area contributed by atoms with E-state index < -0.39 is 11.2 Å². The Morgan fingerprint density at radius 2 is 1.49 bits per heavy atom. The molecule has 0 bridgehead atoms. The molecule has 0 saturated heterocycles. The van der Waals surface area contributed by atoms with Crippen molar-refractivity contribution >= 4 is 64.1 Å². The third-order valence-electron chi connectivity index (χ3n) is 5.30. The van der Waals surface area contributed by atoms with Crippen molar-refractivity contribution in [2.24, 2.45) is 5.73 Å². The Morgan fingerprint density at radius 1 is 0.757 bits per heavy atom.